The molecule has 2 rings (SSSR count). The molecule has 126 valence electrons. The van der Waals surface area contributed by atoms with E-state index in [1.54, 1.807) is 18.2 Å². The van der Waals surface area contributed by atoms with Crippen LogP contribution in [0.15, 0.2) is 52.0 Å². The molecule has 8 heteroatoms. The highest BCUT2D eigenvalue weighted by molar-refractivity contribution is 7.92. The quantitative estimate of drug-likeness (QED) is 0.818. The van der Waals surface area contributed by atoms with Gasteiger partial charge in [0.05, 0.1) is 16.9 Å². The molecule has 0 bridgehead atoms. The lowest BCUT2D eigenvalue weighted by atomic mass is 10.2. The van der Waals surface area contributed by atoms with Crippen LogP contribution < -0.4 is 4.72 Å². The first-order valence-electron chi connectivity index (χ1n) is 7.07. The maximum Gasteiger partial charge on any atom is 0.211 e. The fourth-order valence-corrected chi connectivity index (χ4v) is 4.35. The van der Waals surface area contributed by atoms with E-state index < -0.39 is 25.1 Å². The lowest BCUT2D eigenvalue weighted by Gasteiger charge is -2.16. The fourth-order valence-electron chi connectivity index (χ4n) is 2.03. The second-order valence-corrected chi connectivity index (χ2v) is 9.34. The zero-order chi connectivity index (χ0) is 17.1. The van der Waals surface area contributed by atoms with Crippen molar-refractivity contribution in [1.29, 1.82) is 0 Å². The summed E-state index contributed by atoms with van der Waals surface area (Å²) < 4.78 is 56.5. The third kappa shape index (κ3) is 4.21. The Bertz CT molecular complexity index is 838. The summed E-state index contributed by atoms with van der Waals surface area (Å²) in [5.74, 6) is 0.0759. The molecule has 6 nitrogen and oxygen atoms in total. The van der Waals surface area contributed by atoms with Gasteiger partial charge in [0, 0.05) is 6.54 Å². The molecule has 1 aromatic carbocycles. The lowest BCUT2D eigenvalue weighted by Crippen LogP contribution is -2.32. The average Bonchev–Trinajstić information content (AvgIpc) is 3.01. The number of benzene rings is 1. The minimum atomic E-state index is -3.79. The van der Waals surface area contributed by atoms with Crippen LogP contribution in [-0.2, 0) is 19.9 Å². The zero-order valence-corrected chi connectivity index (χ0v) is 14.5. The number of hydrogen-bond donors (Lipinski definition) is 1. The van der Waals surface area contributed by atoms with Gasteiger partial charge in [0.2, 0.25) is 10.0 Å². The van der Waals surface area contributed by atoms with Crippen molar-refractivity contribution in [3.63, 3.8) is 0 Å². The standard InChI is InChI=1S/C15H19NO5S2/c1-3-22(17,18)16-11-15(14-5-4-10-21-14)23(19,20)13-8-6-12(2)7-9-13/h4-10,15-16H,3,11H2,1-2H3. The van der Waals surface area contributed by atoms with Gasteiger partial charge in [-0.1, -0.05) is 17.7 Å². The summed E-state index contributed by atoms with van der Waals surface area (Å²) in [7, 11) is -7.30. The first kappa shape index (κ1) is 17.7. The number of sulfonamides is 1. The highest BCUT2D eigenvalue weighted by atomic mass is 32.2. The number of rotatable bonds is 7. The van der Waals surface area contributed by atoms with Crippen LogP contribution in [0.2, 0.25) is 0 Å². The number of aryl methyl sites for hydroxylation is 1. The molecule has 0 saturated carbocycles. The molecule has 1 atom stereocenters. The Kier molecular flexibility index (Phi) is 5.28. The van der Waals surface area contributed by atoms with E-state index in [2.05, 4.69) is 4.72 Å². The molecule has 1 N–H and O–H groups in total. The summed E-state index contributed by atoms with van der Waals surface area (Å²) in [5.41, 5.74) is 0.935. The molecule has 1 unspecified atom stereocenters. The lowest BCUT2D eigenvalue weighted by molar-refractivity contribution is 0.486. The molecule has 1 heterocycles. The highest BCUT2D eigenvalue weighted by Crippen LogP contribution is 2.29. The highest BCUT2D eigenvalue weighted by Gasteiger charge is 2.32. The van der Waals surface area contributed by atoms with Crippen LogP contribution in [0, 0.1) is 6.92 Å². The van der Waals surface area contributed by atoms with Crippen molar-refractivity contribution in [3.8, 4) is 0 Å². The average molecular weight is 357 g/mol. The second kappa shape index (κ2) is 6.86. The molecule has 0 aliphatic rings. The van der Waals surface area contributed by atoms with E-state index in [1.165, 1.54) is 31.4 Å². The molecule has 0 radical (unpaired) electrons. The molecule has 0 saturated heterocycles. The molecular formula is C15H19NO5S2. The van der Waals surface area contributed by atoms with Gasteiger partial charge < -0.3 is 4.42 Å². The van der Waals surface area contributed by atoms with Crippen molar-refractivity contribution in [2.24, 2.45) is 0 Å². The minimum absolute atomic E-state index is 0.123. The molecular weight excluding hydrogens is 338 g/mol. The first-order chi connectivity index (χ1) is 10.8. The van der Waals surface area contributed by atoms with Crippen molar-refractivity contribution < 1.29 is 21.3 Å². The predicted molar refractivity (Wildman–Crippen MR) is 87.3 cm³/mol. The van der Waals surface area contributed by atoms with E-state index in [1.807, 2.05) is 6.92 Å². The van der Waals surface area contributed by atoms with Crippen LogP contribution in [0.1, 0.15) is 23.5 Å². The van der Waals surface area contributed by atoms with Gasteiger partial charge in [-0.2, -0.15) is 0 Å². The van der Waals surface area contributed by atoms with Crippen molar-refractivity contribution in [1.82, 2.24) is 4.72 Å². The molecule has 0 fully saturated rings. The molecule has 1 aromatic heterocycles. The Balaban J connectivity index is 2.39. The van der Waals surface area contributed by atoms with Crippen LogP contribution in [0.3, 0.4) is 0 Å². The van der Waals surface area contributed by atoms with Crippen LogP contribution in [-0.4, -0.2) is 29.1 Å². The topological polar surface area (TPSA) is 93.4 Å². The maximum absolute atomic E-state index is 12.9. The Morgan fingerprint density at radius 1 is 1.09 bits per heavy atom. The van der Waals surface area contributed by atoms with Gasteiger partial charge in [0.1, 0.15) is 11.0 Å². The van der Waals surface area contributed by atoms with Gasteiger partial charge in [-0.15, -0.1) is 0 Å². The number of sulfone groups is 1. The smallest absolute Gasteiger partial charge is 0.211 e. The Morgan fingerprint density at radius 2 is 1.74 bits per heavy atom. The third-order valence-corrected chi connectivity index (χ3v) is 6.90. The SMILES string of the molecule is CCS(=O)(=O)NCC(c1ccco1)S(=O)(=O)c1ccc(C)cc1. The normalized spacial score (nSPS) is 13.8. The van der Waals surface area contributed by atoms with E-state index in [4.69, 9.17) is 4.42 Å². The van der Waals surface area contributed by atoms with Gasteiger partial charge in [0.15, 0.2) is 9.84 Å². The van der Waals surface area contributed by atoms with Gasteiger partial charge >= 0.3 is 0 Å². The van der Waals surface area contributed by atoms with Gasteiger partial charge in [0.25, 0.3) is 0 Å². The molecule has 0 spiro atoms. The Morgan fingerprint density at radius 3 is 2.26 bits per heavy atom. The van der Waals surface area contributed by atoms with Crippen molar-refractivity contribution in [3.05, 3.63) is 54.0 Å². The van der Waals surface area contributed by atoms with Gasteiger partial charge in [-0.3, -0.25) is 0 Å². The van der Waals surface area contributed by atoms with Crippen molar-refractivity contribution in [2.75, 3.05) is 12.3 Å². The van der Waals surface area contributed by atoms with Gasteiger partial charge in [-0.25, -0.2) is 21.6 Å². The molecule has 2 aromatic rings. The van der Waals surface area contributed by atoms with Gasteiger partial charge in [-0.05, 0) is 38.1 Å². The van der Waals surface area contributed by atoms with Crippen molar-refractivity contribution in [2.45, 2.75) is 24.0 Å². The molecule has 0 aliphatic heterocycles. The zero-order valence-electron chi connectivity index (χ0n) is 12.9. The molecule has 0 amide bonds. The van der Waals surface area contributed by atoms with Crippen LogP contribution in [0.4, 0.5) is 0 Å². The van der Waals surface area contributed by atoms with E-state index >= 15 is 0 Å². The summed E-state index contributed by atoms with van der Waals surface area (Å²) in [6.45, 7) is 3.06. The largest absolute Gasteiger partial charge is 0.468 e. The number of furan rings is 1. The van der Waals surface area contributed by atoms with E-state index in [9.17, 15) is 16.8 Å². The van der Waals surface area contributed by atoms with Crippen LogP contribution >= 0.6 is 0 Å². The molecule has 23 heavy (non-hydrogen) atoms. The number of nitrogens with one attached hydrogen (secondary N) is 1. The monoisotopic (exact) mass is 357 g/mol. The summed E-state index contributed by atoms with van der Waals surface area (Å²) in [6, 6.07) is 9.51. The molecule has 0 aliphatic carbocycles. The summed E-state index contributed by atoms with van der Waals surface area (Å²) in [6.07, 6.45) is 1.36. The van der Waals surface area contributed by atoms with E-state index in [0.717, 1.165) is 5.56 Å². The maximum atomic E-state index is 12.9. The Hall–Kier alpha value is -1.64. The van der Waals surface area contributed by atoms with E-state index in [-0.39, 0.29) is 23.0 Å². The predicted octanol–water partition coefficient (Wildman–Crippen LogP) is 2.04. The van der Waals surface area contributed by atoms with E-state index in [0.29, 0.717) is 0 Å². The first-order valence-corrected chi connectivity index (χ1v) is 10.3. The van der Waals surface area contributed by atoms with Crippen LogP contribution in [0.5, 0.6) is 0 Å². The number of hydrogen-bond acceptors (Lipinski definition) is 5. The summed E-state index contributed by atoms with van der Waals surface area (Å²) in [5, 5.41) is -1.12. The second-order valence-electron chi connectivity index (χ2n) is 5.11. The summed E-state index contributed by atoms with van der Waals surface area (Å²) in [4.78, 5) is 0.125. The summed E-state index contributed by atoms with van der Waals surface area (Å²) >= 11 is 0. The Labute approximate surface area is 136 Å². The minimum Gasteiger partial charge on any atom is -0.468 e. The van der Waals surface area contributed by atoms with Crippen LogP contribution in [0.25, 0.3) is 0 Å². The van der Waals surface area contributed by atoms with Crippen molar-refractivity contribution >= 4 is 19.9 Å². The fraction of sp³-hybridized carbons (Fsp3) is 0.333. The third-order valence-electron chi connectivity index (χ3n) is 3.45.